The molecule has 6 nitrogen and oxygen atoms in total. The van der Waals surface area contributed by atoms with Crippen LogP contribution in [0.25, 0.3) is 0 Å². The van der Waals surface area contributed by atoms with E-state index in [2.05, 4.69) is 58.3 Å². The van der Waals surface area contributed by atoms with Gasteiger partial charge in [0.05, 0.1) is 12.9 Å². The largest absolute Gasteiger partial charge is 0.382 e. The lowest BCUT2D eigenvalue weighted by Gasteiger charge is -2.30. The van der Waals surface area contributed by atoms with Crippen molar-refractivity contribution in [2.75, 3.05) is 26.3 Å². The Hall–Kier alpha value is -2.34. The number of aliphatic imine (C=N–C) groups is 1. The molecule has 2 aromatic rings. The van der Waals surface area contributed by atoms with Gasteiger partial charge >= 0.3 is 0 Å². The smallest absolute Gasteiger partial charge is 0.191 e. The lowest BCUT2D eigenvalue weighted by Crippen LogP contribution is -2.43. The lowest BCUT2D eigenvalue weighted by atomic mass is 9.83. The first-order valence-corrected chi connectivity index (χ1v) is 11.4. The second-order valence-electron chi connectivity index (χ2n) is 8.25. The zero-order valence-electron chi connectivity index (χ0n) is 18.6. The van der Waals surface area contributed by atoms with E-state index in [1.165, 1.54) is 36.8 Å². The molecule has 2 N–H and O–H groups in total. The van der Waals surface area contributed by atoms with Crippen LogP contribution in [0.15, 0.2) is 48.0 Å². The van der Waals surface area contributed by atoms with E-state index < -0.39 is 0 Å². The van der Waals surface area contributed by atoms with E-state index in [4.69, 9.17) is 9.73 Å². The van der Waals surface area contributed by atoms with Crippen LogP contribution in [0.4, 0.5) is 0 Å². The number of rotatable bonds is 11. The average Bonchev–Trinajstić information content (AvgIpc) is 3.44. The van der Waals surface area contributed by atoms with E-state index in [0.717, 1.165) is 45.2 Å². The Bertz CT molecular complexity index is 748. The molecule has 1 fully saturated rings. The van der Waals surface area contributed by atoms with Crippen molar-refractivity contribution in [3.05, 3.63) is 54.1 Å². The Kier molecular flexibility index (Phi) is 8.75. The van der Waals surface area contributed by atoms with Gasteiger partial charge in [-0.1, -0.05) is 37.1 Å². The summed E-state index contributed by atoms with van der Waals surface area (Å²) in [7, 11) is 0. The molecule has 164 valence electrons. The van der Waals surface area contributed by atoms with Crippen molar-refractivity contribution in [3.8, 4) is 0 Å². The second kappa shape index (κ2) is 11.7. The first-order chi connectivity index (χ1) is 14.7. The van der Waals surface area contributed by atoms with Crippen LogP contribution in [0.3, 0.4) is 0 Å². The van der Waals surface area contributed by atoms with Gasteiger partial charge in [-0.05, 0) is 49.7 Å². The summed E-state index contributed by atoms with van der Waals surface area (Å²) in [5, 5.41) is 7.01. The minimum atomic E-state index is 0.348. The van der Waals surface area contributed by atoms with Gasteiger partial charge in [0.25, 0.3) is 0 Å². The predicted molar refractivity (Wildman–Crippen MR) is 123 cm³/mol. The summed E-state index contributed by atoms with van der Waals surface area (Å²) >= 11 is 0. The van der Waals surface area contributed by atoms with Crippen molar-refractivity contribution in [2.45, 2.75) is 59.0 Å². The highest BCUT2D eigenvalue weighted by Crippen LogP contribution is 2.40. The first-order valence-electron chi connectivity index (χ1n) is 11.4. The third-order valence-electron chi connectivity index (χ3n) is 5.99. The Morgan fingerprint density at radius 1 is 1.13 bits per heavy atom. The van der Waals surface area contributed by atoms with Crippen molar-refractivity contribution in [3.63, 3.8) is 0 Å². The molecule has 0 saturated heterocycles. The van der Waals surface area contributed by atoms with E-state index in [1.807, 2.05) is 18.7 Å². The minimum Gasteiger partial charge on any atom is -0.382 e. The number of ether oxygens (including phenoxy) is 1. The van der Waals surface area contributed by atoms with Crippen molar-refractivity contribution < 1.29 is 4.74 Å². The fourth-order valence-electron chi connectivity index (χ4n) is 4.20. The zero-order chi connectivity index (χ0) is 21.1. The fourth-order valence-corrected chi connectivity index (χ4v) is 4.20. The van der Waals surface area contributed by atoms with E-state index in [0.29, 0.717) is 12.0 Å². The summed E-state index contributed by atoms with van der Waals surface area (Å²) < 4.78 is 7.72. The highest BCUT2D eigenvalue weighted by molar-refractivity contribution is 5.79. The molecule has 0 unspecified atom stereocenters. The lowest BCUT2D eigenvalue weighted by molar-refractivity contribution is 0.105. The number of hydrogen-bond donors (Lipinski definition) is 2. The minimum absolute atomic E-state index is 0.348. The van der Waals surface area contributed by atoms with Gasteiger partial charge in [-0.15, -0.1) is 0 Å². The van der Waals surface area contributed by atoms with E-state index in [1.54, 1.807) is 0 Å². The molecule has 6 heteroatoms. The molecule has 1 saturated carbocycles. The molecular formula is C24H37N5O. The predicted octanol–water partition coefficient (Wildman–Crippen LogP) is 3.97. The molecule has 1 aromatic heterocycles. The number of nitrogens with one attached hydrogen (secondary N) is 2. The summed E-state index contributed by atoms with van der Waals surface area (Å²) in [4.78, 5) is 8.92. The van der Waals surface area contributed by atoms with Gasteiger partial charge in [-0.25, -0.2) is 9.98 Å². The molecule has 0 aliphatic heterocycles. The van der Waals surface area contributed by atoms with Crippen LogP contribution >= 0.6 is 0 Å². The molecule has 0 spiro atoms. The van der Waals surface area contributed by atoms with Gasteiger partial charge in [0, 0.05) is 45.2 Å². The highest BCUT2D eigenvalue weighted by Gasteiger charge is 2.33. The number of hydrogen-bond acceptors (Lipinski definition) is 3. The molecule has 0 atom stereocenters. The quantitative estimate of drug-likeness (QED) is 0.334. The summed E-state index contributed by atoms with van der Waals surface area (Å²) in [5.74, 6) is 0.905. The fraction of sp³-hybridized carbons (Fsp3) is 0.583. The Morgan fingerprint density at radius 3 is 2.57 bits per heavy atom. The first kappa shape index (κ1) is 22.3. The van der Waals surface area contributed by atoms with Crippen LogP contribution < -0.4 is 10.6 Å². The Balaban J connectivity index is 1.54. The van der Waals surface area contributed by atoms with Gasteiger partial charge in [0.15, 0.2) is 5.96 Å². The number of aromatic nitrogens is 2. The summed E-state index contributed by atoms with van der Waals surface area (Å²) in [6.45, 7) is 9.19. The van der Waals surface area contributed by atoms with E-state index in [9.17, 15) is 0 Å². The molecule has 1 aliphatic rings. The zero-order valence-corrected chi connectivity index (χ0v) is 18.6. The molecule has 0 bridgehead atoms. The van der Waals surface area contributed by atoms with Gasteiger partial charge < -0.3 is 19.9 Å². The number of benzene rings is 1. The monoisotopic (exact) mass is 411 g/mol. The van der Waals surface area contributed by atoms with Crippen LogP contribution in [-0.4, -0.2) is 41.8 Å². The highest BCUT2D eigenvalue weighted by atomic mass is 16.5. The van der Waals surface area contributed by atoms with Gasteiger partial charge in [0.2, 0.25) is 0 Å². The Morgan fingerprint density at radius 2 is 1.90 bits per heavy atom. The van der Waals surface area contributed by atoms with Crippen LogP contribution in [0, 0.1) is 5.41 Å². The molecule has 1 heterocycles. The number of guanidine groups is 1. The van der Waals surface area contributed by atoms with Crippen LogP contribution in [0.2, 0.25) is 0 Å². The van der Waals surface area contributed by atoms with Crippen molar-refractivity contribution in [1.82, 2.24) is 20.2 Å². The topological polar surface area (TPSA) is 63.5 Å². The summed E-state index contributed by atoms with van der Waals surface area (Å²) in [6, 6.07) is 8.68. The third-order valence-corrected chi connectivity index (χ3v) is 5.99. The number of imidazole rings is 1. The van der Waals surface area contributed by atoms with Crippen LogP contribution in [0.1, 0.15) is 57.1 Å². The van der Waals surface area contributed by atoms with Gasteiger partial charge in [0.1, 0.15) is 0 Å². The SMILES string of the molecule is CCNC(=NCc1ccc(Cn2ccnc2)cc1)NCC1(CCOCC)CCCC1. The third kappa shape index (κ3) is 6.87. The molecule has 0 radical (unpaired) electrons. The van der Waals surface area contributed by atoms with Crippen molar-refractivity contribution in [2.24, 2.45) is 10.4 Å². The molecule has 1 aliphatic carbocycles. The Labute approximate surface area is 181 Å². The van der Waals surface area contributed by atoms with Crippen LogP contribution in [-0.2, 0) is 17.8 Å². The average molecular weight is 412 g/mol. The molecule has 30 heavy (non-hydrogen) atoms. The van der Waals surface area contributed by atoms with Crippen LogP contribution in [0.5, 0.6) is 0 Å². The van der Waals surface area contributed by atoms with Gasteiger partial charge in [-0.2, -0.15) is 0 Å². The molecule has 0 amide bonds. The van der Waals surface area contributed by atoms with Gasteiger partial charge in [-0.3, -0.25) is 0 Å². The van der Waals surface area contributed by atoms with E-state index >= 15 is 0 Å². The van der Waals surface area contributed by atoms with Crippen molar-refractivity contribution in [1.29, 1.82) is 0 Å². The normalized spacial score (nSPS) is 16.0. The maximum Gasteiger partial charge on any atom is 0.191 e. The maximum atomic E-state index is 5.64. The molecule has 3 rings (SSSR count). The standard InChI is InChI=1S/C24H37N5O/c1-3-26-23(28-19-24(11-5-6-12-24)13-16-30-4-2)27-17-21-7-9-22(10-8-21)18-29-15-14-25-20-29/h7-10,14-15,20H,3-6,11-13,16-19H2,1-2H3,(H2,26,27,28). The maximum absolute atomic E-state index is 5.64. The van der Waals surface area contributed by atoms with E-state index in [-0.39, 0.29) is 0 Å². The molecular weight excluding hydrogens is 374 g/mol. The van der Waals surface area contributed by atoms with Crippen molar-refractivity contribution >= 4 is 5.96 Å². The molecule has 1 aromatic carbocycles. The summed E-state index contributed by atoms with van der Waals surface area (Å²) in [6.07, 6.45) is 12.0. The summed E-state index contributed by atoms with van der Waals surface area (Å²) in [5.41, 5.74) is 2.83. The number of nitrogens with zero attached hydrogens (tertiary/aromatic N) is 3. The second-order valence-corrected chi connectivity index (χ2v) is 8.25.